The molecule has 1 aromatic heterocycles. The SMILES string of the molecule is CC1(C)S[C@@H]2[C@H](NC(=O)C(NCc3ccc(=O)oc3)C3=CCC=CC3)C(=O)N2[C@H]1C(=O)[O-].[Na+]. The van der Waals surface area contributed by atoms with Crippen molar-refractivity contribution in [1.82, 2.24) is 15.5 Å². The normalized spacial score (nSPS) is 25.9. The van der Waals surface area contributed by atoms with E-state index in [1.54, 1.807) is 19.9 Å². The Morgan fingerprint density at radius 2 is 2.06 bits per heavy atom. The second-order valence-electron chi connectivity index (χ2n) is 8.53. The number of nitrogens with zero attached hydrogens (tertiary/aromatic N) is 1. The number of carbonyl (C=O) groups excluding carboxylic acids is 3. The Kier molecular flexibility index (Phi) is 7.95. The van der Waals surface area contributed by atoms with Gasteiger partial charge in [-0.05, 0) is 38.3 Å². The van der Waals surface area contributed by atoms with E-state index < -0.39 is 45.7 Å². The Morgan fingerprint density at radius 1 is 1.30 bits per heavy atom. The van der Waals surface area contributed by atoms with E-state index in [1.165, 1.54) is 29.0 Å². The van der Waals surface area contributed by atoms with Crippen LogP contribution in [0.2, 0.25) is 0 Å². The third-order valence-corrected chi connectivity index (χ3v) is 7.47. The molecule has 3 heterocycles. The molecule has 0 bridgehead atoms. The minimum atomic E-state index is -1.30. The third-order valence-electron chi connectivity index (χ3n) is 5.90. The zero-order valence-corrected chi connectivity index (χ0v) is 21.5. The van der Waals surface area contributed by atoms with Crippen molar-refractivity contribution in [1.29, 1.82) is 0 Å². The second kappa shape index (κ2) is 10.2. The van der Waals surface area contributed by atoms with Gasteiger partial charge in [-0.15, -0.1) is 11.8 Å². The summed E-state index contributed by atoms with van der Waals surface area (Å²) in [5, 5.41) is 17.1. The molecule has 1 aliphatic carbocycles. The second-order valence-corrected chi connectivity index (χ2v) is 10.3. The topological polar surface area (TPSA) is 132 Å². The van der Waals surface area contributed by atoms with Gasteiger partial charge in [0.05, 0.1) is 18.3 Å². The van der Waals surface area contributed by atoms with Crippen molar-refractivity contribution in [2.45, 2.75) is 61.5 Å². The van der Waals surface area contributed by atoms with Crippen LogP contribution in [0.15, 0.2) is 51.4 Å². The molecule has 4 rings (SSSR count). The summed E-state index contributed by atoms with van der Waals surface area (Å²) in [6.07, 6.45) is 8.60. The molecule has 11 heteroatoms. The molecule has 0 radical (unpaired) electrons. The minimum absolute atomic E-state index is 0. The van der Waals surface area contributed by atoms with Crippen molar-refractivity contribution < 1.29 is 53.5 Å². The van der Waals surface area contributed by atoms with Gasteiger partial charge in [0.1, 0.15) is 17.5 Å². The largest absolute Gasteiger partial charge is 1.00 e. The minimum Gasteiger partial charge on any atom is -0.548 e. The molecular formula is C22H24N3NaO6S. The van der Waals surface area contributed by atoms with Crippen molar-refractivity contribution in [3.8, 4) is 0 Å². The van der Waals surface area contributed by atoms with Crippen molar-refractivity contribution in [2.24, 2.45) is 0 Å². The van der Waals surface area contributed by atoms with Crippen LogP contribution in [-0.2, 0) is 20.9 Å². The average molecular weight is 482 g/mol. The Labute approximate surface area is 217 Å². The van der Waals surface area contributed by atoms with Crippen molar-refractivity contribution >= 4 is 29.5 Å². The number of nitrogens with one attached hydrogen (secondary N) is 2. The number of amides is 2. The fourth-order valence-corrected chi connectivity index (χ4v) is 5.94. The summed E-state index contributed by atoms with van der Waals surface area (Å²) < 4.78 is 4.15. The van der Waals surface area contributed by atoms with Gasteiger partial charge in [0.25, 0.3) is 0 Å². The Bertz CT molecular complexity index is 1050. The maximum absolute atomic E-state index is 13.2. The number of fused-ring (bicyclic) bond motifs is 1. The van der Waals surface area contributed by atoms with Gasteiger partial charge in [-0.1, -0.05) is 18.2 Å². The third kappa shape index (κ3) is 5.14. The quantitative estimate of drug-likeness (QED) is 0.235. The molecule has 2 aliphatic heterocycles. The van der Waals surface area contributed by atoms with Crippen molar-refractivity contribution in [3.05, 3.63) is 58.2 Å². The Morgan fingerprint density at radius 3 is 2.67 bits per heavy atom. The van der Waals surface area contributed by atoms with Gasteiger partial charge in [-0.3, -0.25) is 14.9 Å². The summed E-state index contributed by atoms with van der Waals surface area (Å²) in [6, 6.07) is 0.405. The molecule has 3 aliphatic rings. The fourth-order valence-electron chi connectivity index (χ4n) is 4.32. The number of carbonyl (C=O) groups is 3. The van der Waals surface area contributed by atoms with E-state index in [0.717, 1.165) is 5.57 Å². The van der Waals surface area contributed by atoms with E-state index in [9.17, 15) is 24.3 Å². The van der Waals surface area contributed by atoms with Gasteiger partial charge in [0, 0.05) is 22.9 Å². The van der Waals surface area contributed by atoms with Crippen LogP contribution >= 0.6 is 11.8 Å². The first kappa shape index (κ1) is 25.8. The Hall–Kier alpha value is -1.85. The van der Waals surface area contributed by atoms with Crippen LogP contribution in [0.3, 0.4) is 0 Å². The van der Waals surface area contributed by atoms with E-state index in [1.807, 2.05) is 18.2 Å². The van der Waals surface area contributed by atoms with E-state index in [4.69, 9.17) is 4.42 Å². The number of allylic oxidation sites excluding steroid dienone is 3. The number of carboxylic acid groups (broad SMARTS) is 1. The summed E-state index contributed by atoms with van der Waals surface area (Å²) in [5.41, 5.74) is 1.12. The van der Waals surface area contributed by atoms with Gasteiger partial charge >= 0.3 is 35.2 Å². The molecule has 1 aromatic rings. The van der Waals surface area contributed by atoms with E-state index in [2.05, 4.69) is 10.6 Å². The molecule has 2 saturated heterocycles. The Balaban J connectivity index is 0.00000306. The predicted octanol–water partition coefficient (Wildman–Crippen LogP) is -3.32. The number of hydrogen-bond acceptors (Lipinski definition) is 8. The van der Waals surface area contributed by atoms with Crippen LogP contribution in [0.4, 0.5) is 0 Å². The number of carboxylic acids is 1. The van der Waals surface area contributed by atoms with Crippen molar-refractivity contribution in [2.75, 3.05) is 0 Å². The molecule has 170 valence electrons. The molecule has 2 N–H and O–H groups in total. The monoisotopic (exact) mass is 481 g/mol. The summed E-state index contributed by atoms with van der Waals surface area (Å²) in [7, 11) is 0. The van der Waals surface area contributed by atoms with Crippen LogP contribution in [0.5, 0.6) is 0 Å². The van der Waals surface area contributed by atoms with Gasteiger partial charge in [-0.2, -0.15) is 0 Å². The summed E-state index contributed by atoms with van der Waals surface area (Å²) in [4.78, 5) is 50.0. The zero-order valence-electron chi connectivity index (χ0n) is 18.7. The van der Waals surface area contributed by atoms with Crippen LogP contribution in [0.1, 0.15) is 32.3 Å². The van der Waals surface area contributed by atoms with Crippen LogP contribution < -0.4 is 50.9 Å². The standard InChI is InChI=1S/C22H25N3O6S.Na/c1-22(2)17(21(29)30)25-19(28)16(20(25)32-22)24-18(27)15(13-6-4-3-5-7-13)23-10-12-8-9-14(26)31-11-12;/h3-4,7-9,11,15-17,20,23H,5-6,10H2,1-2H3,(H,24,27)(H,29,30);/q;+1/p-1/t15?,16-,17+,20-;/m1./s1. The first-order valence-corrected chi connectivity index (χ1v) is 11.2. The molecule has 33 heavy (non-hydrogen) atoms. The molecule has 4 atom stereocenters. The average Bonchev–Trinajstić information content (AvgIpc) is 3.02. The molecular weight excluding hydrogens is 457 g/mol. The number of aliphatic carboxylic acids is 1. The molecule has 0 saturated carbocycles. The van der Waals surface area contributed by atoms with E-state index in [-0.39, 0.29) is 42.0 Å². The van der Waals surface area contributed by atoms with Gasteiger partial charge < -0.3 is 24.5 Å². The summed E-state index contributed by atoms with van der Waals surface area (Å²) >= 11 is 1.35. The molecule has 9 nitrogen and oxygen atoms in total. The first-order chi connectivity index (χ1) is 15.2. The number of thioether (sulfide) groups is 1. The van der Waals surface area contributed by atoms with Crippen LogP contribution in [0.25, 0.3) is 0 Å². The maximum Gasteiger partial charge on any atom is 1.00 e. The molecule has 1 unspecified atom stereocenters. The van der Waals surface area contributed by atoms with Crippen LogP contribution in [0, 0.1) is 0 Å². The van der Waals surface area contributed by atoms with E-state index in [0.29, 0.717) is 18.4 Å². The number of β-lactam (4-membered cyclic amide) rings is 1. The van der Waals surface area contributed by atoms with E-state index >= 15 is 0 Å². The van der Waals surface area contributed by atoms with Crippen LogP contribution in [-0.4, -0.2) is 50.9 Å². The van der Waals surface area contributed by atoms with Crippen molar-refractivity contribution in [3.63, 3.8) is 0 Å². The molecule has 0 spiro atoms. The molecule has 2 amide bonds. The van der Waals surface area contributed by atoms with Gasteiger partial charge in [0.15, 0.2) is 0 Å². The first-order valence-electron chi connectivity index (χ1n) is 10.4. The summed E-state index contributed by atoms with van der Waals surface area (Å²) in [5.74, 6) is -2.08. The summed E-state index contributed by atoms with van der Waals surface area (Å²) in [6.45, 7) is 3.79. The zero-order chi connectivity index (χ0) is 23.0. The van der Waals surface area contributed by atoms with Gasteiger partial charge in [-0.25, -0.2) is 4.79 Å². The number of hydrogen-bond donors (Lipinski definition) is 2. The predicted molar refractivity (Wildman–Crippen MR) is 115 cm³/mol. The molecule has 0 aromatic carbocycles. The maximum atomic E-state index is 13.2. The fraction of sp³-hybridized carbons (Fsp3) is 0.455. The molecule has 2 fully saturated rings. The van der Waals surface area contributed by atoms with Gasteiger partial charge in [0.2, 0.25) is 11.8 Å². The smallest absolute Gasteiger partial charge is 0.548 e. The number of rotatable bonds is 7.